The molecule has 4 rings (SSSR count). The summed E-state index contributed by atoms with van der Waals surface area (Å²) in [5, 5.41) is 3.36. The number of benzene rings is 2. The van der Waals surface area contributed by atoms with Gasteiger partial charge in [0.2, 0.25) is 0 Å². The highest BCUT2D eigenvalue weighted by molar-refractivity contribution is 6.04. The van der Waals surface area contributed by atoms with Crippen molar-refractivity contribution < 1.29 is 23.8 Å². The third-order valence-electron chi connectivity index (χ3n) is 6.24. The van der Waals surface area contributed by atoms with Crippen molar-refractivity contribution in [2.24, 2.45) is 5.41 Å². The molecule has 0 radical (unpaired) electrons. The largest absolute Gasteiger partial charge is 0.497 e. The van der Waals surface area contributed by atoms with Crippen molar-refractivity contribution in [3.8, 4) is 11.5 Å². The van der Waals surface area contributed by atoms with Gasteiger partial charge in [-0.1, -0.05) is 44.2 Å². The predicted molar refractivity (Wildman–Crippen MR) is 130 cm³/mol. The number of para-hydroxylation sites is 1. The van der Waals surface area contributed by atoms with E-state index in [4.69, 9.17) is 14.2 Å². The summed E-state index contributed by atoms with van der Waals surface area (Å²) < 4.78 is 16.6. The van der Waals surface area contributed by atoms with E-state index >= 15 is 0 Å². The van der Waals surface area contributed by atoms with Gasteiger partial charge in [-0.25, -0.2) is 4.79 Å². The second kappa shape index (κ2) is 9.75. The van der Waals surface area contributed by atoms with Crippen LogP contribution < -0.4 is 14.8 Å². The van der Waals surface area contributed by atoms with Crippen LogP contribution >= 0.6 is 0 Å². The number of hydrogen-bond donors (Lipinski definition) is 1. The van der Waals surface area contributed by atoms with Crippen molar-refractivity contribution in [3.63, 3.8) is 0 Å². The number of carbonyl (C=O) groups is 2. The second-order valence-corrected chi connectivity index (χ2v) is 9.50. The zero-order valence-electron chi connectivity index (χ0n) is 20.1. The summed E-state index contributed by atoms with van der Waals surface area (Å²) in [5.41, 5.74) is 3.43. The number of esters is 1. The van der Waals surface area contributed by atoms with Crippen molar-refractivity contribution >= 4 is 11.8 Å². The van der Waals surface area contributed by atoms with Crippen molar-refractivity contribution in [2.45, 2.75) is 39.5 Å². The van der Waals surface area contributed by atoms with Gasteiger partial charge in [0.1, 0.15) is 24.7 Å². The van der Waals surface area contributed by atoms with Gasteiger partial charge in [0, 0.05) is 29.3 Å². The summed E-state index contributed by atoms with van der Waals surface area (Å²) in [6.07, 6.45) is 1.18. The van der Waals surface area contributed by atoms with E-state index < -0.39 is 11.9 Å². The molecule has 1 unspecified atom stereocenters. The first-order valence-corrected chi connectivity index (χ1v) is 11.5. The van der Waals surface area contributed by atoms with Gasteiger partial charge in [-0.2, -0.15) is 0 Å². The van der Waals surface area contributed by atoms with Gasteiger partial charge in [0.05, 0.1) is 12.7 Å². The SMILES string of the molecule is COc1ccc(C2C(C(=O)OCCOc3ccccc3)=C(C)NC3=C2C(=O)CC(C)(C)C3)cc1. The molecule has 1 atom stereocenters. The number of allylic oxidation sites excluding steroid dienone is 3. The predicted octanol–water partition coefficient (Wildman–Crippen LogP) is 4.92. The van der Waals surface area contributed by atoms with Crippen LogP contribution in [0.4, 0.5) is 0 Å². The molecule has 0 aromatic heterocycles. The van der Waals surface area contributed by atoms with E-state index in [-0.39, 0.29) is 24.4 Å². The van der Waals surface area contributed by atoms with Crippen LogP contribution in [0, 0.1) is 5.41 Å². The number of hydrogen-bond acceptors (Lipinski definition) is 6. The van der Waals surface area contributed by atoms with E-state index in [1.807, 2.05) is 61.5 Å². The molecule has 0 amide bonds. The number of methoxy groups -OCH3 is 1. The lowest BCUT2D eigenvalue weighted by Gasteiger charge is -2.39. The molecular weight excluding hydrogens is 430 g/mol. The zero-order valence-corrected chi connectivity index (χ0v) is 20.1. The normalized spacial score (nSPS) is 19.3. The summed E-state index contributed by atoms with van der Waals surface area (Å²) in [7, 11) is 1.61. The maximum Gasteiger partial charge on any atom is 0.336 e. The minimum absolute atomic E-state index is 0.0600. The van der Waals surface area contributed by atoms with E-state index in [2.05, 4.69) is 19.2 Å². The van der Waals surface area contributed by atoms with Crippen LogP contribution in [0.3, 0.4) is 0 Å². The molecular formula is C28H31NO5. The average Bonchev–Trinajstić information content (AvgIpc) is 2.80. The molecule has 0 saturated carbocycles. The van der Waals surface area contributed by atoms with Crippen molar-refractivity contribution in [2.75, 3.05) is 20.3 Å². The van der Waals surface area contributed by atoms with Crippen LogP contribution in [0.15, 0.2) is 77.1 Å². The Hall–Kier alpha value is -3.54. The summed E-state index contributed by atoms with van der Waals surface area (Å²) in [6, 6.07) is 16.9. The molecule has 178 valence electrons. The fraction of sp³-hybridized carbons (Fsp3) is 0.357. The van der Waals surface area contributed by atoms with Crippen molar-refractivity contribution in [1.82, 2.24) is 5.32 Å². The zero-order chi connectivity index (χ0) is 24.3. The lowest BCUT2D eigenvalue weighted by atomic mass is 9.68. The Balaban J connectivity index is 1.60. The van der Waals surface area contributed by atoms with Crippen LogP contribution in [0.2, 0.25) is 0 Å². The Morgan fingerprint density at radius 2 is 1.71 bits per heavy atom. The first-order valence-electron chi connectivity index (χ1n) is 11.5. The number of dihydropyridines is 1. The summed E-state index contributed by atoms with van der Waals surface area (Å²) in [4.78, 5) is 26.6. The Bertz CT molecular complexity index is 1130. The third kappa shape index (κ3) is 5.01. The molecule has 2 aromatic carbocycles. The molecule has 2 aliphatic rings. The lowest BCUT2D eigenvalue weighted by molar-refractivity contribution is -0.140. The number of nitrogens with one attached hydrogen (secondary N) is 1. The van der Waals surface area contributed by atoms with E-state index in [1.165, 1.54) is 0 Å². The Morgan fingerprint density at radius 3 is 2.38 bits per heavy atom. The molecule has 1 aliphatic carbocycles. The Labute approximate surface area is 200 Å². The quantitative estimate of drug-likeness (QED) is 0.466. The van der Waals surface area contributed by atoms with E-state index in [0.717, 1.165) is 23.4 Å². The maximum absolute atomic E-state index is 13.3. The molecule has 0 spiro atoms. The number of Topliss-reactive ketones (excluding diaryl/α,β-unsaturated/α-hetero) is 1. The number of rotatable bonds is 7. The van der Waals surface area contributed by atoms with Gasteiger partial charge in [0.25, 0.3) is 0 Å². The monoisotopic (exact) mass is 461 g/mol. The lowest BCUT2D eigenvalue weighted by Crippen LogP contribution is -2.38. The minimum atomic E-state index is -0.492. The topological polar surface area (TPSA) is 73.9 Å². The van der Waals surface area contributed by atoms with Crippen molar-refractivity contribution in [1.29, 1.82) is 0 Å². The van der Waals surface area contributed by atoms with E-state index in [0.29, 0.717) is 29.0 Å². The molecule has 1 N–H and O–H groups in total. The molecule has 0 fully saturated rings. The van der Waals surface area contributed by atoms with Crippen LogP contribution in [-0.4, -0.2) is 32.1 Å². The second-order valence-electron chi connectivity index (χ2n) is 9.50. The molecule has 1 heterocycles. The molecule has 2 aromatic rings. The summed E-state index contributed by atoms with van der Waals surface area (Å²) in [6.45, 7) is 6.39. The summed E-state index contributed by atoms with van der Waals surface area (Å²) >= 11 is 0. The number of ketones is 1. The Morgan fingerprint density at radius 1 is 1.00 bits per heavy atom. The minimum Gasteiger partial charge on any atom is -0.497 e. The van der Waals surface area contributed by atoms with Crippen LogP contribution in [-0.2, 0) is 14.3 Å². The standard InChI is InChI=1S/C28H31NO5/c1-18-24(27(31)34-15-14-33-21-8-6-5-7-9-21)25(19-10-12-20(32-4)13-11-19)26-22(29-18)16-28(2,3)17-23(26)30/h5-13,25,29H,14-17H2,1-4H3. The fourth-order valence-electron chi connectivity index (χ4n) is 4.72. The maximum atomic E-state index is 13.3. The average molecular weight is 462 g/mol. The van der Waals surface area contributed by atoms with E-state index in [1.54, 1.807) is 7.11 Å². The molecule has 0 saturated heterocycles. The molecule has 6 heteroatoms. The molecule has 1 aliphatic heterocycles. The van der Waals surface area contributed by atoms with Crippen LogP contribution in [0.1, 0.15) is 45.1 Å². The number of carbonyl (C=O) groups excluding carboxylic acids is 2. The number of ether oxygens (including phenoxy) is 3. The first kappa shape index (κ1) is 23.6. The highest BCUT2D eigenvalue weighted by atomic mass is 16.6. The van der Waals surface area contributed by atoms with E-state index in [9.17, 15) is 9.59 Å². The fourth-order valence-corrected chi connectivity index (χ4v) is 4.72. The molecule has 6 nitrogen and oxygen atoms in total. The van der Waals surface area contributed by atoms with Gasteiger partial charge in [0.15, 0.2) is 5.78 Å². The van der Waals surface area contributed by atoms with Gasteiger partial charge in [-0.15, -0.1) is 0 Å². The van der Waals surface area contributed by atoms with Gasteiger partial charge < -0.3 is 19.5 Å². The molecule has 34 heavy (non-hydrogen) atoms. The smallest absolute Gasteiger partial charge is 0.336 e. The third-order valence-corrected chi connectivity index (χ3v) is 6.24. The van der Waals surface area contributed by atoms with Gasteiger partial charge in [-0.3, -0.25) is 4.79 Å². The van der Waals surface area contributed by atoms with Crippen LogP contribution in [0.5, 0.6) is 11.5 Å². The van der Waals surface area contributed by atoms with Gasteiger partial charge in [-0.05, 0) is 48.6 Å². The van der Waals surface area contributed by atoms with Crippen molar-refractivity contribution in [3.05, 3.63) is 82.7 Å². The van der Waals surface area contributed by atoms with Crippen LogP contribution in [0.25, 0.3) is 0 Å². The highest BCUT2D eigenvalue weighted by Gasteiger charge is 2.43. The Kier molecular flexibility index (Phi) is 6.77. The summed E-state index contributed by atoms with van der Waals surface area (Å²) in [5.74, 6) is 0.547. The molecule has 0 bridgehead atoms. The van der Waals surface area contributed by atoms with Gasteiger partial charge >= 0.3 is 5.97 Å². The first-order chi connectivity index (χ1) is 16.3. The highest BCUT2D eigenvalue weighted by Crippen LogP contribution is 2.46.